The van der Waals surface area contributed by atoms with Gasteiger partial charge in [-0.15, -0.1) is 0 Å². The summed E-state index contributed by atoms with van der Waals surface area (Å²) in [6.07, 6.45) is 3.43. The number of aromatic nitrogens is 2. The van der Waals surface area contributed by atoms with Gasteiger partial charge >= 0.3 is 6.09 Å². The molecule has 2 aromatic carbocycles. The van der Waals surface area contributed by atoms with Crippen molar-refractivity contribution < 1.29 is 23.1 Å². The van der Waals surface area contributed by atoms with E-state index in [0.29, 0.717) is 24.1 Å². The summed E-state index contributed by atoms with van der Waals surface area (Å²) in [4.78, 5) is 39.0. The molecular weight excluding hydrogens is 538 g/mol. The van der Waals surface area contributed by atoms with Crippen LogP contribution in [-0.2, 0) is 21.5 Å². The molecule has 1 saturated carbocycles. The minimum atomic E-state index is -0.827. The van der Waals surface area contributed by atoms with Gasteiger partial charge in [-0.1, -0.05) is 42.5 Å². The average molecular weight is 571 g/mol. The van der Waals surface area contributed by atoms with Gasteiger partial charge in [-0.3, -0.25) is 9.78 Å². The van der Waals surface area contributed by atoms with Gasteiger partial charge in [0, 0.05) is 40.6 Å². The molecule has 0 bridgehead atoms. The first-order valence-corrected chi connectivity index (χ1v) is 14.1. The maximum absolute atomic E-state index is 14.3. The SMILES string of the molecule is CC(C)(C)OC(=O)N(CCF)C1CC2(C1)C(=O)N(Cc1ncc3ccccc3c1-c1ccc(F)nc1)c1ccccc12. The highest BCUT2D eigenvalue weighted by molar-refractivity contribution is 6.09. The van der Waals surface area contributed by atoms with Crippen molar-refractivity contribution in [3.05, 3.63) is 90.3 Å². The van der Waals surface area contributed by atoms with Crippen LogP contribution in [0.25, 0.3) is 21.9 Å². The van der Waals surface area contributed by atoms with Crippen molar-refractivity contribution in [2.45, 2.75) is 57.2 Å². The van der Waals surface area contributed by atoms with Crippen LogP contribution in [0, 0.1) is 5.95 Å². The Morgan fingerprint density at radius 3 is 2.50 bits per heavy atom. The molecule has 9 heteroatoms. The lowest BCUT2D eigenvalue weighted by Crippen LogP contribution is -2.59. The van der Waals surface area contributed by atoms with Crippen molar-refractivity contribution in [3.63, 3.8) is 0 Å². The zero-order valence-electron chi connectivity index (χ0n) is 23.8. The van der Waals surface area contributed by atoms with Crippen molar-refractivity contribution in [1.29, 1.82) is 0 Å². The summed E-state index contributed by atoms with van der Waals surface area (Å²) in [7, 11) is 0. The molecule has 6 rings (SSSR count). The molecule has 0 atom stereocenters. The Kier molecular flexibility index (Phi) is 6.91. The Morgan fingerprint density at radius 2 is 1.79 bits per heavy atom. The number of hydrogen-bond donors (Lipinski definition) is 0. The molecule has 0 unspecified atom stereocenters. The Morgan fingerprint density at radius 1 is 1.05 bits per heavy atom. The van der Waals surface area contributed by atoms with Crippen LogP contribution in [0.15, 0.2) is 73.1 Å². The predicted octanol–water partition coefficient (Wildman–Crippen LogP) is 6.59. The van der Waals surface area contributed by atoms with E-state index in [1.165, 1.54) is 17.2 Å². The molecule has 1 aliphatic carbocycles. The number of anilines is 1. The fourth-order valence-corrected chi connectivity index (χ4v) is 6.27. The van der Waals surface area contributed by atoms with E-state index >= 15 is 0 Å². The number of halogens is 2. The van der Waals surface area contributed by atoms with Crippen LogP contribution in [-0.4, -0.2) is 51.7 Å². The maximum atomic E-state index is 14.3. The molecule has 1 spiro atoms. The molecular formula is C33H32F2N4O3. The molecule has 1 fully saturated rings. The topological polar surface area (TPSA) is 75.6 Å². The highest BCUT2D eigenvalue weighted by Crippen LogP contribution is 2.55. The van der Waals surface area contributed by atoms with Gasteiger partial charge < -0.3 is 14.5 Å². The van der Waals surface area contributed by atoms with Gasteiger partial charge in [0.1, 0.15) is 12.3 Å². The largest absolute Gasteiger partial charge is 0.444 e. The molecule has 7 nitrogen and oxygen atoms in total. The molecule has 3 heterocycles. The first-order chi connectivity index (χ1) is 20.1. The molecule has 0 saturated heterocycles. The number of ether oxygens (including phenoxy) is 1. The number of benzene rings is 2. The Balaban J connectivity index is 1.34. The minimum Gasteiger partial charge on any atom is -0.444 e. The van der Waals surface area contributed by atoms with Gasteiger partial charge in [0.05, 0.1) is 24.2 Å². The summed E-state index contributed by atoms with van der Waals surface area (Å²) in [5.41, 5.74) is 2.28. The van der Waals surface area contributed by atoms with Crippen LogP contribution in [0.4, 0.5) is 19.3 Å². The summed E-state index contributed by atoms with van der Waals surface area (Å²) in [6, 6.07) is 18.1. The summed E-state index contributed by atoms with van der Waals surface area (Å²) in [5, 5.41) is 1.84. The summed E-state index contributed by atoms with van der Waals surface area (Å²) < 4.78 is 32.8. The van der Waals surface area contributed by atoms with Crippen molar-refractivity contribution in [2.75, 3.05) is 18.1 Å². The molecule has 0 N–H and O–H groups in total. The van der Waals surface area contributed by atoms with Crippen molar-refractivity contribution in [2.24, 2.45) is 0 Å². The van der Waals surface area contributed by atoms with E-state index in [1.54, 1.807) is 37.9 Å². The molecule has 42 heavy (non-hydrogen) atoms. The number of carbonyl (C=O) groups excluding carboxylic acids is 2. The van der Waals surface area contributed by atoms with Gasteiger partial charge in [-0.2, -0.15) is 4.39 Å². The summed E-state index contributed by atoms with van der Waals surface area (Å²) in [5.74, 6) is -0.658. The van der Waals surface area contributed by atoms with Crippen LogP contribution in [0.3, 0.4) is 0 Å². The molecule has 4 aromatic rings. The van der Waals surface area contributed by atoms with E-state index in [1.807, 2.05) is 48.5 Å². The second kappa shape index (κ2) is 10.5. The van der Waals surface area contributed by atoms with Crippen LogP contribution >= 0.6 is 0 Å². The fourth-order valence-electron chi connectivity index (χ4n) is 6.27. The van der Waals surface area contributed by atoms with E-state index in [9.17, 15) is 18.4 Å². The van der Waals surface area contributed by atoms with Crippen molar-refractivity contribution >= 4 is 28.5 Å². The van der Waals surface area contributed by atoms with E-state index in [-0.39, 0.29) is 25.0 Å². The minimum absolute atomic E-state index is 0.0810. The lowest BCUT2D eigenvalue weighted by atomic mass is 9.61. The zero-order valence-corrected chi connectivity index (χ0v) is 23.8. The maximum Gasteiger partial charge on any atom is 0.410 e. The van der Waals surface area contributed by atoms with Crippen LogP contribution in [0.5, 0.6) is 0 Å². The Labute approximate surface area is 243 Å². The standard InChI is InChI=1S/C33H32F2N4O3/c1-32(2,3)42-31(41)38(15-14-34)23-16-33(17-23)25-10-6-7-11-27(25)39(30(33)40)20-26-29(22-12-13-28(35)37-19-22)24-9-5-4-8-21(24)18-36-26/h4-13,18-19,23H,14-17,20H2,1-3H3. The zero-order chi connectivity index (χ0) is 29.6. The van der Waals surface area contributed by atoms with Crippen LogP contribution in [0.2, 0.25) is 0 Å². The first kappa shape index (κ1) is 27.8. The number of para-hydroxylation sites is 1. The molecule has 2 aromatic heterocycles. The second-order valence-electron chi connectivity index (χ2n) is 12.0. The average Bonchev–Trinajstić information content (AvgIpc) is 3.18. The summed E-state index contributed by atoms with van der Waals surface area (Å²) >= 11 is 0. The third kappa shape index (κ3) is 4.76. The van der Waals surface area contributed by atoms with Gasteiger partial charge in [-0.25, -0.2) is 14.2 Å². The third-order valence-corrected chi connectivity index (χ3v) is 8.13. The Bertz CT molecular complexity index is 1660. The predicted molar refractivity (Wildman–Crippen MR) is 156 cm³/mol. The number of rotatable bonds is 6. The highest BCUT2D eigenvalue weighted by Gasteiger charge is 2.60. The monoisotopic (exact) mass is 570 g/mol. The van der Waals surface area contributed by atoms with E-state index in [4.69, 9.17) is 9.72 Å². The third-order valence-electron chi connectivity index (χ3n) is 8.13. The van der Waals surface area contributed by atoms with Gasteiger partial charge in [-0.05, 0) is 62.8 Å². The van der Waals surface area contributed by atoms with Gasteiger partial charge in [0.15, 0.2) is 0 Å². The van der Waals surface area contributed by atoms with E-state index < -0.39 is 29.7 Å². The van der Waals surface area contributed by atoms with Gasteiger partial charge in [0.2, 0.25) is 11.9 Å². The number of carbonyl (C=O) groups is 2. The molecule has 2 amide bonds. The van der Waals surface area contributed by atoms with E-state index in [2.05, 4.69) is 4.98 Å². The fraction of sp³-hybridized carbons (Fsp3) is 0.333. The Hall–Kier alpha value is -4.40. The number of amides is 2. The lowest BCUT2D eigenvalue weighted by molar-refractivity contribution is -0.129. The number of hydrogen-bond acceptors (Lipinski definition) is 5. The quantitative estimate of drug-likeness (QED) is 0.245. The number of nitrogens with zero attached hydrogens (tertiary/aromatic N) is 4. The summed E-state index contributed by atoms with van der Waals surface area (Å²) in [6.45, 7) is 4.71. The number of pyridine rings is 2. The van der Waals surface area contributed by atoms with Crippen molar-refractivity contribution in [3.8, 4) is 11.1 Å². The molecule has 2 aliphatic rings. The van der Waals surface area contributed by atoms with Crippen molar-refractivity contribution in [1.82, 2.24) is 14.9 Å². The van der Waals surface area contributed by atoms with Crippen LogP contribution in [0.1, 0.15) is 44.9 Å². The normalized spacial score (nSPS) is 19.6. The number of fused-ring (bicyclic) bond motifs is 3. The van der Waals surface area contributed by atoms with Crippen LogP contribution < -0.4 is 4.90 Å². The second-order valence-corrected chi connectivity index (χ2v) is 12.0. The van der Waals surface area contributed by atoms with E-state index in [0.717, 1.165) is 27.6 Å². The molecule has 0 radical (unpaired) electrons. The smallest absolute Gasteiger partial charge is 0.410 e. The lowest BCUT2D eigenvalue weighted by Gasteiger charge is -2.48. The molecule has 1 aliphatic heterocycles. The van der Waals surface area contributed by atoms with Gasteiger partial charge in [0.25, 0.3) is 0 Å². The first-order valence-electron chi connectivity index (χ1n) is 14.1. The molecule has 216 valence electrons. The number of alkyl halides is 1. The highest BCUT2D eigenvalue weighted by atomic mass is 19.1.